The number of aryl methyl sites for hydroxylation is 2. The zero-order valence-electron chi connectivity index (χ0n) is 16.3. The molecule has 2 atom stereocenters. The highest BCUT2D eigenvalue weighted by Gasteiger charge is 2.42. The van der Waals surface area contributed by atoms with Crippen LogP contribution in [0.5, 0.6) is 0 Å². The molecule has 0 unspecified atom stereocenters. The average molecular weight is 384 g/mol. The van der Waals surface area contributed by atoms with Gasteiger partial charge in [-0.2, -0.15) is 5.10 Å². The van der Waals surface area contributed by atoms with E-state index in [1.807, 2.05) is 22.8 Å². The molecule has 2 aliphatic heterocycles. The molecule has 6 nitrogen and oxygen atoms in total. The van der Waals surface area contributed by atoms with Gasteiger partial charge in [0.15, 0.2) is 0 Å². The lowest BCUT2D eigenvalue weighted by molar-refractivity contribution is -0.133. The van der Waals surface area contributed by atoms with E-state index in [0.717, 1.165) is 18.4 Å². The van der Waals surface area contributed by atoms with Crippen LogP contribution in [0, 0.1) is 18.7 Å². The van der Waals surface area contributed by atoms with Gasteiger partial charge in [-0.1, -0.05) is 12.1 Å². The fourth-order valence-corrected chi connectivity index (χ4v) is 4.52. The molecule has 2 aliphatic rings. The van der Waals surface area contributed by atoms with Crippen LogP contribution in [0.15, 0.2) is 30.5 Å². The molecule has 28 heavy (non-hydrogen) atoms. The van der Waals surface area contributed by atoms with Gasteiger partial charge in [0.1, 0.15) is 5.82 Å². The van der Waals surface area contributed by atoms with E-state index in [1.165, 1.54) is 12.1 Å². The van der Waals surface area contributed by atoms with Gasteiger partial charge in [0.2, 0.25) is 5.91 Å². The maximum atomic E-state index is 13.6. The first kappa shape index (κ1) is 18.7. The molecule has 0 bridgehead atoms. The van der Waals surface area contributed by atoms with Crippen LogP contribution >= 0.6 is 0 Å². The van der Waals surface area contributed by atoms with Gasteiger partial charge in [-0.25, -0.2) is 4.39 Å². The third-order valence-corrected chi connectivity index (χ3v) is 5.87. The quantitative estimate of drug-likeness (QED) is 0.817. The number of rotatable bonds is 3. The maximum absolute atomic E-state index is 13.6. The largest absolute Gasteiger partial charge is 0.336 e. The first-order valence-corrected chi connectivity index (χ1v) is 9.76. The molecule has 1 aromatic carbocycles. The minimum Gasteiger partial charge on any atom is -0.336 e. The summed E-state index contributed by atoms with van der Waals surface area (Å²) < 4.78 is 15.2. The summed E-state index contributed by atoms with van der Waals surface area (Å²) in [5.74, 6) is 0.00739. The van der Waals surface area contributed by atoms with E-state index >= 15 is 0 Å². The molecule has 1 aromatic heterocycles. The Kier molecular flexibility index (Phi) is 4.91. The number of aromatic nitrogens is 2. The van der Waals surface area contributed by atoms with Crippen LogP contribution < -0.4 is 0 Å². The number of carbonyl (C=O) groups is 2. The van der Waals surface area contributed by atoms with Crippen LogP contribution in [0.4, 0.5) is 4.39 Å². The van der Waals surface area contributed by atoms with Gasteiger partial charge < -0.3 is 9.80 Å². The van der Waals surface area contributed by atoms with Crippen molar-refractivity contribution in [3.05, 3.63) is 53.1 Å². The van der Waals surface area contributed by atoms with Crippen molar-refractivity contribution in [1.29, 1.82) is 0 Å². The van der Waals surface area contributed by atoms with E-state index in [4.69, 9.17) is 0 Å². The fourth-order valence-electron chi connectivity index (χ4n) is 4.52. The van der Waals surface area contributed by atoms with Crippen LogP contribution in [0.3, 0.4) is 0 Å². The summed E-state index contributed by atoms with van der Waals surface area (Å²) in [7, 11) is 1.80. The second-order valence-electron chi connectivity index (χ2n) is 7.88. The van der Waals surface area contributed by atoms with E-state index in [9.17, 15) is 14.0 Å². The lowest BCUT2D eigenvalue weighted by Crippen LogP contribution is -2.43. The Balaban J connectivity index is 1.56. The van der Waals surface area contributed by atoms with Crippen molar-refractivity contribution >= 4 is 11.8 Å². The van der Waals surface area contributed by atoms with Gasteiger partial charge in [0.05, 0.1) is 17.3 Å². The van der Waals surface area contributed by atoms with E-state index in [-0.39, 0.29) is 29.6 Å². The van der Waals surface area contributed by atoms with E-state index in [1.54, 1.807) is 24.0 Å². The summed E-state index contributed by atoms with van der Waals surface area (Å²) in [6, 6.07) is 6.36. The molecule has 148 valence electrons. The monoisotopic (exact) mass is 384 g/mol. The van der Waals surface area contributed by atoms with Crippen LogP contribution in [-0.2, 0) is 18.4 Å². The van der Waals surface area contributed by atoms with Crippen molar-refractivity contribution in [2.45, 2.75) is 38.8 Å². The Morgan fingerprint density at radius 2 is 2.14 bits per heavy atom. The third-order valence-electron chi connectivity index (χ3n) is 5.87. The third kappa shape index (κ3) is 3.53. The summed E-state index contributed by atoms with van der Waals surface area (Å²) in [4.78, 5) is 29.5. The van der Waals surface area contributed by atoms with Crippen molar-refractivity contribution in [1.82, 2.24) is 19.6 Å². The smallest absolute Gasteiger partial charge is 0.257 e. The minimum absolute atomic E-state index is 0.0285. The SMILES string of the molecule is Cc1nn(C)cc1C(=O)N1C[C@H]2CCCC(=O)N(Cc3cccc(F)c3)[C@H]2C1. The van der Waals surface area contributed by atoms with Gasteiger partial charge in [-0.05, 0) is 43.4 Å². The topological polar surface area (TPSA) is 58.4 Å². The molecule has 0 aliphatic carbocycles. The van der Waals surface area contributed by atoms with Crippen molar-refractivity contribution < 1.29 is 14.0 Å². The Labute approximate surface area is 163 Å². The van der Waals surface area contributed by atoms with E-state index in [0.29, 0.717) is 37.3 Å². The van der Waals surface area contributed by atoms with Crippen molar-refractivity contribution in [3.8, 4) is 0 Å². The predicted octanol–water partition coefficient (Wildman–Crippen LogP) is 2.52. The summed E-state index contributed by atoms with van der Waals surface area (Å²) in [5, 5.41) is 4.27. The highest BCUT2D eigenvalue weighted by atomic mass is 19.1. The number of carbonyl (C=O) groups excluding carboxylic acids is 2. The van der Waals surface area contributed by atoms with E-state index < -0.39 is 0 Å². The summed E-state index contributed by atoms with van der Waals surface area (Å²) in [5.41, 5.74) is 2.11. The second-order valence-corrected chi connectivity index (χ2v) is 7.88. The Bertz CT molecular complexity index is 910. The van der Waals surface area contributed by atoms with Crippen molar-refractivity contribution in [2.75, 3.05) is 13.1 Å². The molecule has 0 spiro atoms. The Morgan fingerprint density at radius 1 is 1.32 bits per heavy atom. The summed E-state index contributed by atoms with van der Waals surface area (Å²) >= 11 is 0. The normalized spacial score (nSPS) is 22.3. The highest BCUT2D eigenvalue weighted by molar-refractivity contribution is 5.95. The number of likely N-dealkylation sites (tertiary alicyclic amines) is 2. The molecular weight excluding hydrogens is 359 g/mol. The number of halogens is 1. The summed E-state index contributed by atoms with van der Waals surface area (Å²) in [6.45, 7) is 3.37. The molecule has 0 saturated carbocycles. The van der Waals surface area contributed by atoms with Crippen LogP contribution in [0.25, 0.3) is 0 Å². The molecule has 2 amide bonds. The highest BCUT2D eigenvalue weighted by Crippen LogP contribution is 2.32. The molecular formula is C21H25FN4O2. The van der Waals surface area contributed by atoms with Crippen molar-refractivity contribution in [3.63, 3.8) is 0 Å². The van der Waals surface area contributed by atoms with Crippen LogP contribution in [-0.4, -0.2) is 50.5 Å². The number of nitrogens with zero attached hydrogens (tertiary/aromatic N) is 4. The number of fused-ring (bicyclic) bond motifs is 1. The lowest BCUT2D eigenvalue weighted by Gasteiger charge is -2.30. The van der Waals surface area contributed by atoms with Gasteiger partial charge in [-0.15, -0.1) is 0 Å². The zero-order chi connectivity index (χ0) is 19.8. The standard InChI is InChI=1S/C21H25FN4O2/c1-14-18(12-24(2)23-14)21(28)25-11-16-6-4-8-20(27)26(19(16)13-25)10-15-5-3-7-17(22)9-15/h3,5,7,9,12,16,19H,4,6,8,10-11,13H2,1-2H3/t16-,19+/m1/s1. The Hall–Kier alpha value is -2.70. The summed E-state index contributed by atoms with van der Waals surface area (Å²) in [6.07, 6.45) is 4.01. The minimum atomic E-state index is -0.299. The molecule has 7 heteroatoms. The predicted molar refractivity (Wildman–Crippen MR) is 102 cm³/mol. The fraction of sp³-hybridized carbons (Fsp3) is 0.476. The maximum Gasteiger partial charge on any atom is 0.257 e. The average Bonchev–Trinajstić information content (AvgIpc) is 3.18. The Morgan fingerprint density at radius 3 is 2.86 bits per heavy atom. The molecule has 0 N–H and O–H groups in total. The lowest BCUT2D eigenvalue weighted by atomic mass is 9.98. The number of hydrogen-bond acceptors (Lipinski definition) is 3. The first-order valence-electron chi connectivity index (χ1n) is 9.76. The van der Waals surface area contributed by atoms with Crippen LogP contribution in [0.1, 0.15) is 40.9 Å². The van der Waals surface area contributed by atoms with Gasteiger partial charge in [-0.3, -0.25) is 14.3 Å². The molecule has 0 radical (unpaired) electrons. The van der Waals surface area contributed by atoms with Crippen LogP contribution in [0.2, 0.25) is 0 Å². The molecule has 4 rings (SSSR count). The second kappa shape index (κ2) is 7.37. The first-order chi connectivity index (χ1) is 13.4. The molecule has 3 heterocycles. The molecule has 2 fully saturated rings. The zero-order valence-corrected chi connectivity index (χ0v) is 16.3. The number of hydrogen-bond donors (Lipinski definition) is 0. The van der Waals surface area contributed by atoms with E-state index in [2.05, 4.69) is 5.10 Å². The van der Waals surface area contributed by atoms with Gasteiger partial charge in [0.25, 0.3) is 5.91 Å². The number of amides is 2. The van der Waals surface area contributed by atoms with Crippen molar-refractivity contribution in [2.24, 2.45) is 13.0 Å². The van der Waals surface area contributed by atoms with Gasteiger partial charge in [0, 0.05) is 39.3 Å². The molecule has 2 aromatic rings. The molecule has 2 saturated heterocycles. The van der Waals surface area contributed by atoms with Gasteiger partial charge >= 0.3 is 0 Å². The number of benzene rings is 1.